The van der Waals surface area contributed by atoms with Crippen LogP contribution in [0.2, 0.25) is 0 Å². The summed E-state index contributed by atoms with van der Waals surface area (Å²) in [7, 11) is -3.42. The molecule has 0 saturated heterocycles. The molecule has 0 aromatic heterocycles. The minimum Gasteiger partial charge on any atom is -0.341 e. The fourth-order valence-electron chi connectivity index (χ4n) is 3.05. The summed E-state index contributed by atoms with van der Waals surface area (Å²) in [6.07, 6.45) is 1.07. The van der Waals surface area contributed by atoms with Crippen molar-refractivity contribution in [2.75, 3.05) is 11.0 Å². The molecule has 0 heterocycles. The Labute approximate surface area is 165 Å². The molecule has 0 fully saturated rings. The van der Waals surface area contributed by atoms with Crippen LogP contribution in [0.3, 0.4) is 0 Å². The first-order valence-electron chi connectivity index (χ1n) is 8.83. The van der Waals surface area contributed by atoms with Gasteiger partial charge in [-0.15, -0.1) is 0 Å². The van der Waals surface area contributed by atoms with Crippen LogP contribution in [0.15, 0.2) is 78.9 Å². The van der Waals surface area contributed by atoms with E-state index in [1.165, 1.54) is 6.07 Å². The van der Waals surface area contributed by atoms with Gasteiger partial charge in [-0.2, -0.15) is 0 Å². The molecule has 0 bridgehead atoms. The lowest BCUT2D eigenvalue weighted by molar-refractivity contribution is 0.0943. The van der Waals surface area contributed by atoms with E-state index in [2.05, 4.69) is 10.0 Å². The van der Waals surface area contributed by atoms with E-state index in [1.807, 2.05) is 61.5 Å². The van der Waals surface area contributed by atoms with E-state index in [4.69, 9.17) is 0 Å². The zero-order valence-corrected chi connectivity index (χ0v) is 16.5. The molecule has 3 aromatic carbocycles. The summed E-state index contributed by atoms with van der Waals surface area (Å²) in [5, 5.41) is 3.08. The number of rotatable bonds is 6. The van der Waals surface area contributed by atoms with Crippen molar-refractivity contribution in [1.82, 2.24) is 5.32 Å². The van der Waals surface area contributed by atoms with Gasteiger partial charge >= 0.3 is 0 Å². The summed E-state index contributed by atoms with van der Waals surface area (Å²) in [5.41, 5.74) is 3.78. The lowest BCUT2D eigenvalue weighted by Crippen LogP contribution is -2.29. The second-order valence-electron chi connectivity index (χ2n) is 6.63. The van der Waals surface area contributed by atoms with E-state index in [9.17, 15) is 13.2 Å². The second-order valence-corrected chi connectivity index (χ2v) is 8.38. The number of anilines is 1. The number of amides is 1. The van der Waals surface area contributed by atoms with Crippen molar-refractivity contribution >= 4 is 21.6 Å². The number of aryl methyl sites for hydroxylation is 1. The van der Waals surface area contributed by atoms with Crippen molar-refractivity contribution < 1.29 is 13.2 Å². The van der Waals surface area contributed by atoms with Crippen molar-refractivity contribution in [3.63, 3.8) is 0 Å². The van der Waals surface area contributed by atoms with Crippen molar-refractivity contribution in [3.8, 4) is 0 Å². The maximum atomic E-state index is 12.9. The van der Waals surface area contributed by atoms with Crippen molar-refractivity contribution in [2.45, 2.75) is 13.0 Å². The van der Waals surface area contributed by atoms with Gasteiger partial charge in [0.2, 0.25) is 10.0 Å². The summed E-state index contributed by atoms with van der Waals surface area (Å²) in [6.45, 7) is 2.01. The van der Waals surface area contributed by atoms with Crippen LogP contribution in [0.4, 0.5) is 5.69 Å². The average Bonchev–Trinajstić information content (AvgIpc) is 2.66. The van der Waals surface area contributed by atoms with Gasteiger partial charge in [-0.3, -0.25) is 9.52 Å². The van der Waals surface area contributed by atoms with Gasteiger partial charge in [0.15, 0.2) is 0 Å². The van der Waals surface area contributed by atoms with E-state index in [0.717, 1.165) is 22.9 Å². The molecule has 1 amide bonds. The quantitative estimate of drug-likeness (QED) is 0.666. The number of sulfonamides is 1. The number of hydrogen-bond donors (Lipinski definition) is 2. The molecule has 0 radical (unpaired) electrons. The van der Waals surface area contributed by atoms with Crippen LogP contribution < -0.4 is 10.0 Å². The SMILES string of the molecule is Cc1ccccc1C(NC(=O)c1cccc(NS(C)(=O)=O)c1)c1ccccc1. The largest absolute Gasteiger partial charge is 0.341 e. The Bertz CT molecular complexity index is 1080. The van der Waals surface area contributed by atoms with E-state index >= 15 is 0 Å². The average molecular weight is 394 g/mol. The number of carbonyl (C=O) groups excluding carboxylic acids is 1. The van der Waals surface area contributed by atoms with Crippen LogP contribution in [0, 0.1) is 6.92 Å². The molecular weight excluding hydrogens is 372 g/mol. The van der Waals surface area contributed by atoms with Gasteiger partial charge in [0, 0.05) is 11.3 Å². The first kappa shape index (κ1) is 19.6. The molecular formula is C22H22N2O3S. The van der Waals surface area contributed by atoms with Crippen LogP contribution in [-0.2, 0) is 10.0 Å². The smallest absolute Gasteiger partial charge is 0.252 e. The lowest BCUT2D eigenvalue weighted by Gasteiger charge is -2.22. The molecule has 5 nitrogen and oxygen atoms in total. The molecule has 1 atom stereocenters. The number of carbonyl (C=O) groups is 1. The Morgan fingerprint density at radius 1 is 0.893 bits per heavy atom. The van der Waals surface area contributed by atoms with Crippen LogP contribution in [0.1, 0.15) is 33.1 Å². The molecule has 0 aliphatic heterocycles. The Morgan fingerprint density at radius 3 is 2.25 bits per heavy atom. The maximum absolute atomic E-state index is 12.9. The lowest BCUT2D eigenvalue weighted by atomic mass is 9.94. The first-order chi connectivity index (χ1) is 13.3. The highest BCUT2D eigenvalue weighted by Crippen LogP contribution is 2.25. The van der Waals surface area contributed by atoms with Crippen LogP contribution in [0.25, 0.3) is 0 Å². The second kappa shape index (κ2) is 8.27. The van der Waals surface area contributed by atoms with Crippen molar-refractivity contribution in [3.05, 3.63) is 101 Å². The zero-order valence-electron chi connectivity index (χ0n) is 15.7. The third kappa shape index (κ3) is 4.98. The number of benzene rings is 3. The molecule has 0 aliphatic rings. The molecule has 1 unspecified atom stereocenters. The summed E-state index contributed by atoms with van der Waals surface area (Å²) in [4.78, 5) is 12.9. The summed E-state index contributed by atoms with van der Waals surface area (Å²) in [5.74, 6) is -0.283. The minimum atomic E-state index is -3.42. The summed E-state index contributed by atoms with van der Waals surface area (Å²) in [6, 6.07) is 23.8. The van der Waals surface area contributed by atoms with Gasteiger partial charge in [-0.25, -0.2) is 8.42 Å². The van der Waals surface area contributed by atoms with E-state index in [-0.39, 0.29) is 11.9 Å². The predicted molar refractivity (Wildman–Crippen MR) is 112 cm³/mol. The highest BCUT2D eigenvalue weighted by atomic mass is 32.2. The van der Waals surface area contributed by atoms with E-state index < -0.39 is 10.0 Å². The normalized spacial score (nSPS) is 12.2. The van der Waals surface area contributed by atoms with E-state index in [1.54, 1.807) is 18.2 Å². The van der Waals surface area contributed by atoms with Gasteiger partial charge in [-0.05, 0) is 41.8 Å². The topological polar surface area (TPSA) is 75.3 Å². The molecule has 0 spiro atoms. The molecule has 2 N–H and O–H groups in total. The van der Waals surface area contributed by atoms with Crippen LogP contribution in [-0.4, -0.2) is 20.6 Å². The minimum absolute atomic E-state index is 0.283. The summed E-state index contributed by atoms with van der Waals surface area (Å²) >= 11 is 0. The molecule has 28 heavy (non-hydrogen) atoms. The fraction of sp³-hybridized carbons (Fsp3) is 0.136. The standard InChI is InChI=1S/C22H22N2O3S/c1-16-9-6-7-14-20(16)21(17-10-4-3-5-11-17)23-22(25)18-12-8-13-19(15-18)24-28(2,26)27/h3-15,21,24H,1-2H3,(H,23,25). The Hall–Kier alpha value is -3.12. The molecule has 0 aliphatic carbocycles. The van der Waals surface area contributed by atoms with Crippen molar-refractivity contribution in [2.24, 2.45) is 0 Å². The molecule has 3 rings (SSSR count). The highest BCUT2D eigenvalue weighted by molar-refractivity contribution is 7.92. The highest BCUT2D eigenvalue weighted by Gasteiger charge is 2.19. The van der Waals surface area contributed by atoms with Gasteiger partial charge in [0.05, 0.1) is 12.3 Å². The number of nitrogens with one attached hydrogen (secondary N) is 2. The Morgan fingerprint density at radius 2 is 1.57 bits per heavy atom. The van der Waals surface area contributed by atoms with Gasteiger partial charge in [0.25, 0.3) is 5.91 Å². The van der Waals surface area contributed by atoms with Crippen molar-refractivity contribution in [1.29, 1.82) is 0 Å². The first-order valence-corrected chi connectivity index (χ1v) is 10.7. The molecule has 6 heteroatoms. The van der Waals surface area contributed by atoms with Crippen LogP contribution in [0.5, 0.6) is 0 Å². The van der Waals surface area contributed by atoms with Gasteiger partial charge < -0.3 is 5.32 Å². The maximum Gasteiger partial charge on any atom is 0.252 e. The monoisotopic (exact) mass is 394 g/mol. The van der Waals surface area contributed by atoms with Crippen LogP contribution >= 0.6 is 0 Å². The molecule has 3 aromatic rings. The molecule has 0 saturated carbocycles. The Kier molecular flexibility index (Phi) is 5.80. The number of hydrogen-bond acceptors (Lipinski definition) is 3. The van der Waals surface area contributed by atoms with Gasteiger partial charge in [0.1, 0.15) is 0 Å². The predicted octanol–water partition coefficient (Wildman–Crippen LogP) is 3.89. The fourth-order valence-corrected chi connectivity index (χ4v) is 3.60. The van der Waals surface area contributed by atoms with E-state index in [0.29, 0.717) is 11.3 Å². The third-order valence-corrected chi connectivity index (χ3v) is 4.94. The van der Waals surface area contributed by atoms with Gasteiger partial charge in [-0.1, -0.05) is 60.7 Å². The zero-order chi connectivity index (χ0) is 20.1. The molecule has 144 valence electrons. The Balaban J connectivity index is 1.92. The summed E-state index contributed by atoms with van der Waals surface area (Å²) < 4.78 is 25.3. The third-order valence-electron chi connectivity index (χ3n) is 4.34.